The first-order chi connectivity index (χ1) is 20.8. The molecule has 0 aliphatic carbocycles. The molecule has 11 rings (SSSR count). The summed E-state index contributed by atoms with van der Waals surface area (Å²) in [7, 11) is 0. The number of rotatable bonds is 0. The molecule has 0 atom stereocenters. The van der Waals surface area contributed by atoms with Crippen LogP contribution in [-0.2, 0) is 0 Å². The lowest BCUT2D eigenvalue weighted by Crippen LogP contribution is -2.61. The number of furan rings is 1. The molecule has 0 fully saturated rings. The summed E-state index contributed by atoms with van der Waals surface area (Å²) in [6.45, 7) is -0.210. The second kappa shape index (κ2) is 7.41. The van der Waals surface area contributed by atoms with Gasteiger partial charge in [0, 0.05) is 31.9 Å². The Labute approximate surface area is 244 Å². The smallest absolute Gasteiger partial charge is 0.305 e. The van der Waals surface area contributed by atoms with Gasteiger partial charge >= 0.3 is 6.71 Å². The summed E-state index contributed by atoms with van der Waals surface area (Å²) in [5.74, 6) is 6.49. The van der Waals surface area contributed by atoms with E-state index in [0.717, 1.165) is 89.9 Å². The van der Waals surface area contributed by atoms with E-state index >= 15 is 0 Å². The van der Waals surface area contributed by atoms with Gasteiger partial charge in [-0.25, -0.2) is 0 Å². The minimum atomic E-state index is -0.181. The lowest BCUT2D eigenvalue weighted by atomic mass is 9.34. The fraction of sp³-hybridized carbons (Fsp3) is 0. The van der Waals surface area contributed by atoms with Gasteiger partial charge in [-0.1, -0.05) is 42.5 Å². The fourth-order valence-electron chi connectivity index (χ4n) is 7.18. The Morgan fingerprint density at radius 2 is 1.12 bits per heavy atom. The Kier molecular flexibility index (Phi) is 3.82. The van der Waals surface area contributed by atoms with Gasteiger partial charge in [0.25, 0.3) is 6.71 Å². The third kappa shape index (κ3) is 2.58. The molecule has 0 radical (unpaired) electrons. The molecule has 42 heavy (non-hydrogen) atoms. The number of benzene rings is 5. The number of hydrogen-bond acceptors (Lipinski definition) is 6. The van der Waals surface area contributed by atoms with E-state index in [1.807, 2.05) is 54.6 Å². The summed E-state index contributed by atoms with van der Waals surface area (Å²) in [6, 6.07) is 32.9. The van der Waals surface area contributed by atoms with Crippen molar-refractivity contribution in [3.8, 4) is 46.0 Å². The van der Waals surface area contributed by atoms with Crippen molar-refractivity contribution in [2.24, 2.45) is 0 Å². The first-order valence-corrected chi connectivity index (χ1v) is 14.8. The lowest BCUT2D eigenvalue weighted by Gasteiger charge is -2.34. The van der Waals surface area contributed by atoms with Crippen molar-refractivity contribution in [2.45, 2.75) is 0 Å². The Hall–Kier alpha value is -5.07. The SMILES string of the molecule is c1cc2c3c(c1)Oc1c(oc4ccccc14)B3c1cc3c(cc1O2)Oc1cccc2c1B3c1sc3ccccc3c1O2. The lowest BCUT2D eigenvalue weighted by molar-refractivity contribution is 0.451. The molecule has 0 unspecified atom stereocenters. The fourth-order valence-corrected chi connectivity index (χ4v) is 8.44. The highest BCUT2D eigenvalue weighted by Gasteiger charge is 2.47. The third-order valence-electron chi connectivity index (χ3n) is 8.93. The molecule has 0 saturated heterocycles. The van der Waals surface area contributed by atoms with Crippen molar-refractivity contribution in [3.63, 3.8) is 0 Å². The molecular formula is C34H16B2O5S. The molecule has 0 spiro atoms. The van der Waals surface area contributed by atoms with Gasteiger partial charge in [0.2, 0.25) is 0 Å². The minimum Gasteiger partial charge on any atom is -0.466 e. The zero-order valence-electron chi connectivity index (χ0n) is 21.8. The summed E-state index contributed by atoms with van der Waals surface area (Å²) in [6.07, 6.45) is 0. The van der Waals surface area contributed by atoms with Gasteiger partial charge in [-0.3, -0.25) is 0 Å². The van der Waals surface area contributed by atoms with Gasteiger partial charge in [0.05, 0.1) is 5.39 Å². The number of thiophene rings is 1. The quantitative estimate of drug-likeness (QED) is 0.243. The first kappa shape index (κ1) is 21.6. The molecule has 4 aliphatic rings. The highest BCUT2D eigenvalue weighted by molar-refractivity contribution is 7.33. The molecule has 0 N–H and O–H groups in total. The average molecular weight is 558 g/mol. The van der Waals surface area contributed by atoms with Crippen LogP contribution in [0.2, 0.25) is 0 Å². The van der Waals surface area contributed by atoms with Crippen LogP contribution in [0.5, 0.6) is 46.0 Å². The molecule has 5 aromatic carbocycles. The normalized spacial score (nSPS) is 14.4. The van der Waals surface area contributed by atoms with Crippen molar-refractivity contribution in [2.75, 3.05) is 0 Å². The highest BCUT2D eigenvalue weighted by atomic mass is 32.1. The number of para-hydroxylation sites is 1. The molecule has 8 heteroatoms. The molecule has 0 amide bonds. The van der Waals surface area contributed by atoms with Crippen LogP contribution >= 0.6 is 11.3 Å². The first-order valence-electron chi connectivity index (χ1n) is 14.0. The Morgan fingerprint density at radius 1 is 0.500 bits per heavy atom. The maximum Gasteiger partial charge on any atom is 0.305 e. The maximum absolute atomic E-state index is 6.59. The monoisotopic (exact) mass is 558 g/mol. The topological polar surface area (TPSA) is 50.1 Å². The number of hydrogen-bond donors (Lipinski definition) is 0. The molecule has 7 aromatic rings. The van der Waals surface area contributed by atoms with Crippen molar-refractivity contribution in [3.05, 3.63) is 97.1 Å². The van der Waals surface area contributed by atoms with Gasteiger partial charge in [-0.2, -0.15) is 0 Å². The van der Waals surface area contributed by atoms with Gasteiger partial charge < -0.3 is 23.4 Å². The minimum absolute atomic E-state index is 0.0296. The van der Waals surface area contributed by atoms with E-state index < -0.39 is 0 Å². The van der Waals surface area contributed by atoms with Crippen molar-refractivity contribution >= 4 is 78.1 Å². The standard InChI is InChI=1S/C34H16B2O5S/c1-3-9-21-17(7-1)31-33(41-21)35-19-15-20-27(16-26(19)37-22-10-5-12-24(39-31)29(22)35)38-23-11-6-13-25-30(23)36(20)34-32(40-25)18-8-2-4-14-28(18)42-34/h1-16H. The Balaban J connectivity index is 1.20. The van der Waals surface area contributed by atoms with E-state index in [4.69, 9.17) is 23.4 Å². The van der Waals surface area contributed by atoms with E-state index in [2.05, 4.69) is 42.5 Å². The average Bonchev–Trinajstić information content (AvgIpc) is 3.58. The van der Waals surface area contributed by atoms with E-state index in [9.17, 15) is 0 Å². The van der Waals surface area contributed by atoms with E-state index in [0.29, 0.717) is 0 Å². The third-order valence-corrected chi connectivity index (χ3v) is 10.1. The van der Waals surface area contributed by atoms with Crippen LogP contribution in [0, 0.1) is 0 Å². The summed E-state index contributed by atoms with van der Waals surface area (Å²) in [5, 5.41) is 2.11. The molecular weight excluding hydrogens is 542 g/mol. The molecule has 5 nitrogen and oxygen atoms in total. The van der Waals surface area contributed by atoms with Gasteiger partial charge in [0.15, 0.2) is 5.75 Å². The van der Waals surface area contributed by atoms with E-state index in [1.165, 1.54) is 9.48 Å². The van der Waals surface area contributed by atoms with Crippen LogP contribution in [0.4, 0.5) is 0 Å². The van der Waals surface area contributed by atoms with Crippen LogP contribution in [0.15, 0.2) is 101 Å². The van der Waals surface area contributed by atoms with Crippen molar-refractivity contribution in [1.29, 1.82) is 0 Å². The van der Waals surface area contributed by atoms with Crippen LogP contribution < -0.4 is 51.2 Å². The summed E-state index contributed by atoms with van der Waals surface area (Å²) in [4.78, 5) is 0. The summed E-state index contributed by atoms with van der Waals surface area (Å²) < 4.78 is 35.2. The predicted octanol–water partition coefficient (Wildman–Crippen LogP) is 5.10. The van der Waals surface area contributed by atoms with Crippen LogP contribution in [0.1, 0.15) is 0 Å². The second-order valence-corrected chi connectivity index (χ2v) is 12.2. The zero-order chi connectivity index (χ0) is 27.1. The molecule has 0 saturated carbocycles. The van der Waals surface area contributed by atoms with Crippen molar-refractivity contribution in [1.82, 2.24) is 0 Å². The van der Waals surface area contributed by atoms with Crippen LogP contribution in [-0.4, -0.2) is 13.4 Å². The van der Waals surface area contributed by atoms with Gasteiger partial charge in [0.1, 0.15) is 51.5 Å². The summed E-state index contributed by atoms with van der Waals surface area (Å²) in [5.41, 5.74) is 5.80. The maximum atomic E-state index is 6.59. The molecule has 0 bridgehead atoms. The van der Waals surface area contributed by atoms with Crippen molar-refractivity contribution < 1.29 is 23.4 Å². The summed E-state index contributed by atoms with van der Waals surface area (Å²) >= 11 is 1.79. The second-order valence-electron chi connectivity index (χ2n) is 11.1. The Morgan fingerprint density at radius 3 is 1.90 bits per heavy atom. The van der Waals surface area contributed by atoms with Gasteiger partial charge in [-0.05, 0) is 59.5 Å². The number of ether oxygens (including phenoxy) is 4. The molecule has 2 aromatic heterocycles. The molecule has 4 aliphatic heterocycles. The van der Waals surface area contributed by atoms with Crippen LogP contribution in [0.25, 0.3) is 21.1 Å². The molecule has 6 heterocycles. The molecule has 194 valence electrons. The van der Waals surface area contributed by atoms with Crippen LogP contribution in [0.3, 0.4) is 0 Å². The highest BCUT2D eigenvalue weighted by Crippen LogP contribution is 2.43. The zero-order valence-corrected chi connectivity index (χ0v) is 22.7. The number of fused-ring (bicyclic) bond motifs is 12. The Bertz CT molecular complexity index is 2190. The van der Waals surface area contributed by atoms with E-state index in [1.54, 1.807) is 11.3 Å². The predicted molar refractivity (Wildman–Crippen MR) is 167 cm³/mol. The van der Waals surface area contributed by atoms with Gasteiger partial charge in [-0.15, -0.1) is 11.3 Å². The largest absolute Gasteiger partial charge is 0.466 e. The van der Waals surface area contributed by atoms with E-state index in [-0.39, 0.29) is 13.4 Å².